The molecule has 8 nitrogen and oxygen atoms in total. The summed E-state index contributed by atoms with van der Waals surface area (Å²) in [6.07, 6.45) is 0. The summed E-state index contributed by atoms with van der Waals surface area (Å²) in [4.78, 5) is 24.8. The van der Waals surface area contributed by atoms with Crippen molar-refractivity contribution in [1.29, 1.82) is 0 Å². The lowest BCUT2D eigenvalue weighted by Gasteiger charge is -2.26. The van der Waals surface area contributed by atoms with Gasteiger partial charge in [0, 0.05) is 24.2 Å². The Balaban J connectivity index is 1.41. The number of nitrogens with one attached hydrogen (secondary N) is 1. The fraction of sp³-hybridized carbons (Fsp3) is 0.217. The van der Waals surface area contributed by atoms with Gasteiger partial charge in [-0.3, -0.25) is 4.79 Å². The molecule has 1 saturated heterocycles. The molecule has 1 fully saturated rings. The number of hydrogen-bond donors (Lipinski definition) is 1. The molecule has 1 aliphatic heterocycles. The Morgan fingerprint density at radius 2 is 1.69 bits per heavy atom. The number of esters is 1. The minimum absolute atomic E-state index is 0.00550. The first kappa shape index (κ1) is 21.9. The van der Waals surface area contributed by atoms with Gasteiger partial charge >= 0.3 is 5.97 Å². The van der Waals surface area contributed by atoms with Crippen molar-refractivity contribution < 1.29 is 27.5 Å². The van der Waals surface area contributed by atoms with Gasteiger partial charge in [0.05, 0.1) is 23.7 Å². The average Bonchev–Trinajstić information content (AvgIpc) is 2.83. The van der Waals surface area contributed by atoms with Crippen LogP contribution in [0, 0.1) is 0 Å². The molecule has 3 aromatic carbocycles. The van der Waals surface area contributed by atoms with Crippen molar-refractivity contribution in [3.63, 3.8) is 0 Å². The van der Waals surface area contributed by atoms with Crippen LogP contribution in [0.2, 0.25) is 0 Å². The van der Waals surface area contributed by atoms with Crippen LogP contribution in [0.4, 0.5) is 5.69 Å². The number of amides is 1. The molecule has 0 atom stereocenters. The van der Waals surface area contributed by atoms with Crippen LogP contribution in [0.1, 0.15) is 10.4 Å². The average molecular weight is 455 g/mol. The Kier molecular flexibility index (Phi) is 6.50. The Morgan fingerprint density at radius 3 is 2.50 bits per heavy atom. The molecule has 1 amide bonds. The van der Waals surface area contributed by atoms with Crippen molar-refractivity contribution in [2.45, 2.75) is 4.90 Å². The molecule has 4 rings (SSSR count). The number of ether oxygens (including phenoxy) is 2. The van der Waals surface area contributed by atoms with Crippen LogP contribution in [0.25, 0.3) is 10.8 Å². The topological polar surface area (TPSA) is 102 Å². The maximum atomic E-state index is 12.8. The van der Waals surface area contributed by atoms with E-state index in [0.29, 0.717) is 18.9 Å². The first-order chi connectivity index (χ1) is 15.4. The minimum Gasteiger partial charge on any atom is -0.452 e. The predicted octanol–water partition coefficient (Wildman–Crippen LogP) is 2.66. The number of carbonyl (C=O) groups is 2. The Labute approximate surface area is 185 Å². The number of fused-ring (bicyclic) bond motifs is 1. The second-order valence-corrected chi connectivity index (χ2v) is 9.13. The standard InChI is InChI=1S/C23H22N2O6S/c26-22(24-21-10-4-6-17-5-1-2-9-20(17)21)16-31-23(27)18-7-3-8-19(15-18)32(28,29)25-11-13-30-14-12-25/h1-10,15H,11-14,16H2,(H,24,26). The van der Waals surface area contributed by atoms with Crippen molar-refractivity contribution in [3.8, 4) is 0 Å². The number of sulfonamides is 1. The fourth-order valence-electron chi connectivity index (χ4n) is 3.45. The first-order valence-corrected chi connectivity index (χ1v) is 11.5. The van der Waals surface area contributed by atoms with E-state index in [-0.39, 0.29) is 23.5 Å². The lowest BCUT2D eigenvalue weighted by atomic mass is 10.1. The number of anilines is 1. The molecule has 0 unspecified atom stereocenters. The normalized spacial score (nSPS) is 14.8. The van der Waals surface area contributed by atoms with Gasteiger partial charge in [0.1, 0.15) is 0 Å². The molecule has 1 N–H and O–H groups in total. The van der Waals surface area contributed by atoms with Gasteiger partial charge in [0.25, 0.3) is 5.91 Å². The summed E-state index contributed by atoms with van der Waals surface area (Å²) in [7, 11) is -3.74. The predicted molar refractivity (Wildman–Crippen MR) is 119 cm³/mol. The molecule has 0 aromatic heterocycles. The molecular weight excluding hydrogens is 432 g/mol. The smallest absolute Gasteiger partial charge is 0.338 e. The molecule has 0 spiro atoms. The van der Waals surface area contributed by atoms with Gasteiger partial charge in [-0.25, -0.2) is 13.2 Å². The zero-order chi connectivity index (χ0) is 22.6. The fourth-order valence-corrected chi connectivity index (χ4v) is 4.91. The van der Waals surface area contributed by atoms with E-state index in [1.165, 1.54) is 28.6 Å². The van der Waals surface area contributed by atoms with Crippen LogP contribution < -0.4 is 5.32 Å². The van der Waals surface area contributed by atoms with Gasteiger partial charge < -0.3 is 14.8 Å². The summed E-state index contributed by atoms with van der Waals surface area (Å²) in [6, 6.07) is 18.7. The maximum absolute atomic E-state index is 12.8. The second-order valence-electron chi connectivity index (χ2n) is 7.20. The zero-order valence-electron chi connectivity index (χ0n) is 17.2. The SMILES string of the molecule is O=C(COC(=O)c1cccc(S(=O)(=O)N2CCOCC2)c1)Nc1cccc2ccccc12. The Morgan fingerprint density at radius 1 is 0.969 bits per heavy atom. The van der Waals surface area contributed by atoms with Crippen molar-refractivity contribution >= 4 is 38.4 Å². The summed E-state index contributed by atoms with van der Waals surface area (Å²) in [5.41, 5.74) is 0.667. The van der Waals surface area contributed by atoms with E-state index in [9.17, 15) is 18.0 Å². The highest BCUT2D eigenvalue weighted by Gasteiger charge is 2.27. The molecule has 32 heavy (non-hydrogen) atoms. The lowest BCUT2D eigenvalue weighted by molar-refractivity contribution is -0.119. The van der Waals surface area contributed by atoms with E-state index >= 15 is 0 Å². The van der Waals surface area contributed by atoms with Crippen LogP contribution in [0.3, 0.4) is 0 Å². The van der Waals surface area contributed by atoms with Crippen LogP contribution in [0.5, 0.6) is 0 Å². The monoisotopic (exact) mass is 454 g/mol. The summed E-state index contributed by atoms with van der Waals surface area (Å²) < 4.78 is 37.2. The van der Waals surface area contributed by atoms with E-state index < -0.39 is 28.5 Å². The zero-order valence-corrected chi connectivity index (χ0v) is 18.0. The molecule has 0 radical (unpaired) electrons. The van der Waals surface area contributed by atoms with Crippen molar-refractivity contribution in [2.75, 3.05) is 38.2 Å². The number of rotatable bonds is 6. The van der Waals surface area contributed by atoms with Crippen LogP contribution in [0.15, 0.2) is 71.6 Å². The molecule has 3 aromatic rings. The van der Waals surface area contributed by atoms with E-state index in [1.54, 1.807) is 6.07 Å². The van der Waals surface area contributed by atoms with Gasteiger partial charge in [-0.15, -0.1) is 0 Å². The highest BCUT2D eigenvalue weighted by atomic mass is 32.2. The molecule has 0 saturated carbocycles. The van der Waals surface area contributed by atoms with E-state index in [0.717, 1.165) is 10.8 Å². The molecule has 0 bridgehead atoms. The first-order valence-electron chi connectivity index (χ1n) is 10.1. The third-order valence-corrected chi connectivity index (χ3v) is 6.97. The summed E-state index contributed by atoms with van der Waals surface area (Å²) in [5, 5.41) is 4.58. The van der Waals surface area contributed by atoms with Crippen molar-refractivity contribution in [3.05, 3.63) is 72.3 Å². The third kappa shape index (κ3) is 4.80. The summed E-state index contributed by atoms with van der Waals surface area (Å²) in [5.74, 6) is -1.27. The largest absolute Gasteiger partial charge is 0.452 e. The molecule has 1 aliphatic rings. The van der Waals surface area contributed by atoms with Gasteiger partial charge in [-0.1, -0.05) is 42.5 Å². The number of hydrogen-bond acceptors (Lipinski definition) is 6. The lowest BCUT2D eigenvalue weighted by Crippen LogP contribution is -2.40. The number of nitrogens with zero attached hydrogens (tertiary/aromatic N) is 1. The van der Waals surface area contributed by atoms with E-state index in [1.807, 2.05) is 36.4 Å². The van der Waals surface area contributed by atoms with E-state index in [2.05, 4.69) is 5.32 Å². The van der Waals surface area contributed by atoms with Gasteiger partial charge in [-0.2, -0.15) is 4.31 Å². The summed E-state index contributed by atoms with van der Waals surface area (Å²) in [6.45, 7) is 0.665. The minimum atomic E-state index is -3.74. The van der Waals surface area contributed by atoms with Crippen molar-refractivity contribution in [2.24, 2.45) is 0 Å². The molecule has 1 heterocycles. The number of carbonyl (C=O) groups excluding carboxylic acids is 2. The van der Waals surface area contributed by atoms with Gasteiger partial charge in [0.15, 0.2) is 6.61 Å². The van der Waals surface area contributed by atoms with Crippen LogP contribution in [-0.4, -0.2) is 57.5 Å². The van der Waals surface area contributed by atoms with Gasteiger partial charge in [0.2, 0.25) is 10.0 Å². The highest BCUT2D eigenvalue weighted by molar-refractivity contribution is 7.89. The second kappa shape index (κ2) is 9.47. The van der Waals surface area contributed by atoms with E-state index in [4.69, 9.17) is 9.47 Å². The van der Waals surface area contributed by atoms with Crippen molar-refractivity contribution in [1.82, 2.24) is 4.31 Å². The van der Waals surface area contributed by atoms with Crippen LogP contribution in [-0.2, 0) is 24.3 Å². The Hall–Kier alpha value is -3.27. The number of morpholine rings is 1. The molecule has 166 valence electrons. The van der Waals surface area contributed by atoms with Crippen LogP contribution >= 0.6 is 0 Å². The highest BCUT2D eigenvalue weighted by Crippen LogP contribution is 2.23. The molecule has 0 aliphatic carbocycles. The summed E-state index contributed by atoms with van der Waals surface area (Å²) >= 11 is 0. The number of benzene rings is 3. The molecular formula is C23H22N2O6S. The van der Waals surface area contributed by atoms with Gasteiger partial charge in [-0.05, 0) is 29.7 Å². The Bertz CT molecular complexity index is 1250. The quantitative estimate of drug-likeness (QED) is 0.575. The maximum Gasteiger partial charge on any atom is 0.338 e. The molecule has 9 heteroatoms. The third-order valence-electron chi connectivity index (χ3n) is 5.08.